The number of cyclic esters (lactones) is 1. The van der Waals surface area contributed by atoms with E-state index in [1.54, 1.807) is 60.0 Å². The Labute approximate surface area is 329 Å². The number of aromatic nitrogens is 1. The van der Waals surface area contributed by atoms with Crippen LogP contribution in [0.2, 0.25) is 0 Å². The number of carbonyl (C=O) groups excluding carboxylic acids is 5. The average molecular weight is 786 g/mol. The van der Waals surface area contributed by atoms with Crippen LogP contribution in [-0.4, -0.2) is 137 Å². The van der Waals surface area contributed by atoms with E-state index in [2.05, 4.69) is 10.3 Å². The van der Waals surface area contributed by atoms with Crippen molar-refractivity contribution >= 4 is 35.4 Å². The monoisotopic (exact) mass is 785 g/mol. The van der Waals surface area contributed by atoms with E-state index >= 15 is 0 Å². The first kappa shape index (κ1) is 43.1. The third kappa shape index (κ3) is 8.77. The van der Waals surface area contributed by atoms with Crippen molar-refractivity contribution in [1.82, 2.24) is 20.1 Å². The van der Waals surface area contributed by atoms with Crippen LogP contribution in [-0.2, 0) is 44.6 Å². The van der Waals surface area contributed by atoms with Crippen LogP contribution in [0.4, 0.5) is 9.59 Å². The number of fused-ring (bicyclic) bond motifs is 4. The molecule has 5 rings (SSSR count). The average Bonchev–Trinajstić information content (AvgIpc) is 3.41. The van der Waals surface area contributed by atoms with Gasteiger partial charge >= 0.3 is 18.2 Å². The Morgan fingerprint density at radius 2 is 1.77 bits per heavy atom. The van der Waals surface area contributed by atoms with Gasteiger partial charge in [0.2, 0.25) is 0 Å². The van der Waals surface area contributed by atoms with Gasteiger partial charge in [-0.1, -0.05) is 33.8 Å². The fourth-order valence-corrected chi connectivity index (χ4v) is 9.02. The van der Waals surface area contributed by atoms with Crippen LogP contribution in [0.5, 0.6) is 0 Å². The molecule has 0 unspecified atom stereocenters. The molecule has 1 aromatic heterocycles. The number of pyridine rings is 1. The Balaban J connectivity index is 1.69. The maximum Gasteiger partial charge on any atom is 0.411 e. The lowest BCUT2D eigenvalue weighted by atomic mass is 9.73. The minimum absolute atomic E-state index is 0.127. The number of hydrogen-bond acceptors (Lipinski definition) is 14. The standard InChI is InChI=1S/C40H59N5O11/c1-11-29-40(8)33-23(4)30(46)21(2)16-39(7,55-37(50)43-19-27(20-45(33)38(51)56-40)42-18-26-13-12-14-41-17-26)34(24(5)31(47)25(6)35(49)53-29)54-36-32(48)28(44(9)10)15-22(3)52-36/h12-14,17,21-25,28-29,32-34,36,48H,11,15-16,18-20H2,1-10H3,(H,43,50)/t21-,22-,23+,24+,25-,28+,29-,32-,33+,34-,36+,39-,40-/m1/s1. The number of rotatable bonds is 6. The summed E-state index contributed by atoms with van der Waals surface area (Å²) in [6.45, 7) is 13.1. The summed E-state index contributed by atoms with van der Waals surface area (Å²) in [5.41, 5.74) is -2.10. The van der Waals surface area contributed by atoms with Gasteiger partial charge in [-0.25, -0.2) is 9.59 Å². The molecule has 16 nitrogen and oxygen atoms in total. The quantitative estimate of drug-likeness (QED) is 0.243. The molecule has 2 bridgehead atoms. The van der Waals surface area contributed by atoms with Crippen LogP contribution in [0.3, 0.4) is 0 Å². The van der Waals surface area contributed by atoms with Crippen molar-refractivity contribution in [2.24, 2.45) is 28.7 Å². The smallest absolute Gasteiger partial charge is 0.411 e. The highest BCUT2D eigenvalue weighted by molar-refractivity contribution is 6.00. The van der Waals surface area contributed by atoms with Crippen molar-refractivity contribution in [3.8, 4) is 0 Å². The molecule has 56 heavy (non-hydrogen) atoms. The number of carbonyl (C=O) groups is 5. The Morgan fingerprint density at radius 3 is 2.41 bits per heavy atom. The van der Waals surface area contributed by atoms with Gasteiger partial charge in [0.05, 0.1) is 37.5 Å². The number of likely N-dealkylation sites (N-methyl/N-ethyl adjacent to an activating group) is 1. The summed E-state index contributed by atoms with van der Waals surface area (Å²) in [4.78, 5) is 83.2. The molecule has 4 fully saturated rings. The second-order valence-corrected chi connectivity index (χ2v) is 16.6. The molecule has 0 aromatic carbocycles. The highest BCUT2D eigenvalue weighted by Gasteiger charge is 2.61. The van der Waals surface area contributed by atoms with Gasteiger partial charge in [0, 0.05) is 36.2 Å². The number of nitrogens with one attached hydrogen (secondary N) is 1. The molecule has 2 N–H and O–H groups in total. The van der Waals surface area contributed by atoms with Gasteiger partial charge in [-0.05, 0) is 72.7 Å². The SMILES string of the molecule is CC[C@H]1OC(=O)[C@H](C)C(=O)[C@H](C)[C@@H](O[C@@H]2O[C@H](C)C[C@H](N(C)C)[C@H]2O)[C@@]2(C)C[C@@H](C)C(=O)[C@H](C)[C@@H]3N(CC(=NCc4cccnc4)CNC(=O)O2)C(=O)O[C@@]31C. The molecule has 5 heterocycles. The Morgan fingerprint density at radius 1 is 1.05 bits per heavy atom. The number of ether oxygens (including phenoxy) is 5. The summed E-state index contributed by atoms with van der Waals surface area (Å²) in [5.74, 6) is -5.92. The Kier molecular flexibility index (Phi) is 13.3. The number of aliphatic hydroxyl groups excluding tert-OH is 1. The van der Waals surface area contributed by atoms with Gasteiger partial charge in [-0.15, -0.1) is 0 Å². The van der Waals surface area contributed by atoms with E-state index in [1.807, 2.05) is 32.0 Å². The normalized spacial score (nSPS) is 39.7. The molecule has 2 amide bonds. The molecule has 4 aliphatic heterocycles. The van der Waals surface area contributed by atoms with Crippen LogP contribution < -0.4 is 5.32 Å². The fraction of sp³-hybridized carbons (Fsp3) is 0.725. The first-order chi connectivity index (χ1) is 26.3. The van der Waals surface area contributed by atoms with Crippen LogP contribution in [0.25, 0.3) is 0 Å². The summed E-state index contributed by atoms with van der Waals surface area (Å²) >= 11 is 0. The third-order valence-corrected chi connectivity index (χ3v) is 12.0. The topological polar surface area (TPSA) is 195 Å². The molecule has 0 spiro atoms. The predicted octanol–water partition coefficient (Wildman–Crippen LogP) is 3.32. The zero-order valence-corrected chi connectivity index (χ0v) is 34.2. The number of Topliss-reactive ketones (excluding diaryl/α,β-unsaturated/α-hetero) is 2. The van der Waals surface area contributed by atoms with Crippen LogP contribution >= 0.6 is 0 Å². The minimum atomic E-state index is -1.73. The van der Waals surface area contributed by atoms with Crippen molar-refractivity contribution in [2.75, 3.05) is 27.2 Å². The molecule has 0 saturated carbocycles. The number of alkyl carbamates (subject to hydrolysis) is 1. The Bertz CT molecular complexity index is 1660. The van der Waals surface area contributed by atoms with Gasteiger partial charge in [0.25, 0.3) is 0 Å². The molecule has 4 aliphatic rings. The molecule has 16 heteroatoms. The van der Waals surface area contributed by atoms with Gasteiger partial charge < -0.3 is 39.0 Å². The first-order valence-electron chi connectivity index (χ1n) is 19.6. The molecule has 4 saturated heterocycles. The van der Waals surface area contributed by atoms with Gasteiger partial charge in [0.15, 0.2) is 17.7 Å². The largest absolute Gasteiger partial charge is 0.458 e. The highest BCUT2D eigenvalue weighted by Crippen LogP contribution is 2.43. The van der Waals surface area contributed by atoms with E-state index in [1.165, 1.54) is 11.8 Å². The summed E-state index contributed by atoms with van der Waals surface area (Å²) in [7, 11) is 3.66. The zero-order valence-electron chi connectivity index (χ0n) is 34.2. The van der Waals surface area contributed by atoms with Crippen molar-refractivity contribution in [3.05, 3.63) is 30.1 Å². The van der Waals surface area contributed by atoms with E-state index < -0.39 is 89.5 Å². The summed E-state index contributed by atoms with van der Waals surface area (Å²) in [6, 6.07) is 2.29. The Hall–Kier alpha value is -3.99. The number of ketones is 2. The van der Waals surface area contributed by atoms with Crippen molar-refractivity contribution in [2.45, 2.75) is 135 Å². The molecule has 310 valence electrons. The number of aliphatic imine (C=N–C) groups is 1. The molecular formula is C40H59N5O11. The highest BCUT2D eigenvalue weighted by atomic mass is 16.7. The second kappa shape index (κ2) is 17.2. The number of hydrogen-bond donors (Lipinski definition) is 2. The van der Waals surface area contributed by atoms with Crippen LogP contribution in [0.1, 0.15) is 80.2 Å². The van der Waals surface area contributed by atoms with Gasteiger partial charge in [0.1, 0.15) is 35.6 Å². The zero-order chi connectivity index (χ0) is 41.3. The van der Waals surface area contributed by atoms with Gasteiger partial charge in [-0.3, -0.25) is 29.3 Å². The molecule has 0 radical (unpaired) electrons. The van der Waals surface area contributed by atoms with Crippen LogP contribution in [0.15, 0.2) is 29.5 Å². The molecule has 1 aromatic rings. The lowest BCUT2D eigenvalue weighted by Crippen LogP contribution is -2.60. The van der Waals surface area contributed by atoms with E-state index in [-0.39, 0.29) is 50.4 Å². The minimum Gasteiger partial charge on any atom is -0.458 e. The van der Waals surface area contributed by atoms with E-state index in [4.69, 9.17) is 28.7 Å². The maximum absolute atomic E-state index is 14.7. The lowest BCUT2D eigenvalue weighted by Gasteiger charge is -2.47. The fourth-order valence-electron chi connectivity index (χ4n) is 9.02. The van der Waals surface area contributed by atoms with E-state index in [0.717, 1.165) is 5.56 Å². The number of aliphatic hydroxyl groups is 1. The van der Waals surface area contributed by atoms with E-state index in [9.17, 15) is 29.1 Å². The third-order valence-electron chi connectivity index (χ3n) is 12.0. The second-order valence-electron chi connectivity index (χ2n) is 16.6. The first-order valence-corrected chi connectivity index (χ1v) is 19.6. The van der Waals surface area contributed by atoms with Crippen molar-refractivity contribution in [3.63, 3.8) is 0 Å². The number of nitrogens with zero attached hydrogens (tertiary/aromatic N) is 4. The van der Waals surface area contributed by atoms with Gasteiger partial charge in [-0.2, -0.15) is 0 Å². The number of amides is 2. The summed E-state index contributed by atoms with van der Waals surface area (Å²) in [5, 5.41) is 14.3. The summed E-state index contributed by atoms with van der Waals surface area (Å²) < 4.78 is 31.2. The van der Waals surface area contributed by atoms with Crippen molar-refractivity contribution in [1.29, 1.82) is 0 Å². The maximum atomic E-state index is 14.7. The van der Waals surface area contributed by atoms with Crippen molar-refractivity contribution < 1.29 is 52.8 Å². The van der Waals surface area contributed by atoms with Crippen LogP contribution in [0, 0.1) is 23.7 Å². The summed E-state index contributed by atoms with van der Waals surface area (Å²) in [6.07, 6.45) is -2.95. The molecular weight excluding hydrogens is 726 g/mol. The molecule has 13 atom stereocenters. The van der Waals surface area contributed by atoms with E-state index in [0.29, 0.717) is 12.1 Å². The predicted molar refractivity (Wildman–Crippen MR) is 202 cm³/mol. The number of esters is 1. The molecule has 0 aliphatic carbocycles. The lowest BCUT2D eigenvalue weighted by molar-refractivity contribution is -0.292.